The van der Waals surface area contributed by atoms with E-state index in [9.17, 15) is 16.8 Å². The molecule has 0 heterocycles. The van der Waals surface area contributed by atoms with Crippen LogP contribution in [0.5, 0.6) is 0 Å². The quantitative estimate of drug-likeness (QED) is 0.499. The van der Waals surface area contributed by atoms with Crippen LogP contribution < -0.4 is 10.6 Å². The highest BCUT2D eigenvalue weighted by molar-refractivity contribution is 7.92. The molecule has 0 aliphatic heterocycles. The number of rotatable bonds is 7. The van der Waals surface area contributed by atoms with E-state index < -0.39 is 24.4 Å². The third-order valence-electron chi connectivity index (χ3n) is 3.12. The van der Waals surface area contributed by atoms with Gasteiger partial charge in [-0.3, -0.25) is 4.99 Å². The lowest BCUT2D eigenvalue weighted by atomic mass is 10.3. The van der Waals surface area contributed by atoms with Crippen LogP contribution >= 0.6 is 0 Å². The average molecular weight is 356 g/mol. The maximum Gasteiger partial charge on any atom is 0.191 e. The van der Waals surface area contributed by atoms with Crippen LogP contribution in [-0.4, -0.2) is 64.9 Å². The summed E-state index contributed by atoms with van der Waals surface area (Å²) in [5.74, 6) is 0.566. The molecule has 0 radical (unpaired) electrons. The Morgan fingerprint density at radius 3 is 2.09 bits per heavy atom. The molecule has 132 valence electrons. The third-order valence-corrected chi connectivity index (χ3v) is 6.71. The first kappa shape index (κ1) is 21.2. The summed E-state index contributed by atoms with van der Waals surface area (Å²) in [5, 5.41) is 5.98. The van der Waals surface area contributed by atoms with E-state index in [4.69, 9.17) is 0 Å². The summed E-state index contributed by atoms with van der Waals surface area (Å²) < 4.78 is 45.5. The summed E-state index contributed by atoms with van der Waals surface area (Å²) in [4.78, 5) is 4.00. The Morgan fingerprint density at radius 2 is 1.68 bits per heavy atom. The average Bonchev–Trinajstić information content (AvgIpc) is 2.32. The summed E-state index contributed by atoms with van der Waals surface area (Å²) in [6, 6.07) is -0.0832. The Kier molecular flexibility index (Phi) is 7.84. The highest BCUT2D eigenvalue weighted by Gasteiger charge is 2.28. The lowest BCUT2D eigenvalue weighted by molar-refractivity contribution is 0.558. The van der Waals surface area contributed by atoms with Crippen molar-refractivity contribution in [1.82, 2.24) is 10.6 Å². The van der Waals surface area contributed by atoms with E-state index in [2.05, 4.69) is 15.6 Å². The van der Waals surface area contributed by atoms with Crippen molar-refractivity contribution in [1.29, 1.82) is 0 Å². The van der Waals surface area contributed by atoms with Crippen molar-refractivity contribution in [2.45, 2.75) is 44.9 Å². The van der Waals surface area contributed by atoms with E-state index in [0.717, 1.165) is 0 Å². The van der Waals surface area contributed by atoms with Crippen LogP contribution in [0.3, 0.4) is 0 Å². The molecule has 0 aliphatic carbocycles. The van der Waals surface area contributed by atoms with Gasteiger partial charge in [0.25, 0.3) is 0 Å². The Labute approximate surface area is 134 Å². The summed E-state index contributed by atoms with van der Waals surface area (Å²) in [7, 11) is -4.60. The molecule has 0 rings (SSSR count). The molecule has 7 nitrogen and oxygen atoms in total. The first-order valence-electron chi connectivity index (χ1n) is 7.16. The van der Waals surface area contributed by atoms with E-state index in [1.54, 1.807) is 27.8 Å². The molecule has 0 saturated carbocycles. The summed E-state index contributed by atoms with van der Waals surface area (Å²) in [6.07, 6.45) is 1.66. The van der Waals surface area contributed by atoms with E-state index in [0.29, 0.717) is 12.4 Å². The topological polar surface area (TPSA) is 105 Å². The van der Waals surface area contributed by atoms with Gasteiger partial charge < -0.3 is 10.6 Å². The molecule has 9 heteroatoms. The molecule has 22 heavy (non-hydrogen) atoms. The highest BCUT2D eigenvalue weighted by Crippen LogP contribution is 2.15. The predicted octanol–water partition coefficient (Wildman–Crippen LogP) is 0.188. The molecular formula is C13H29N3O4S2. The molecule has 0 amide bonds. The molecule has 0 saturated heterocycles. The number of sulfone groups is 2. The van der Waals surface area contributed by atoms with Crippen molar-refractivity contribution in [3.05, 3.63) is 0 Å². The molecule has 0 bridgehead atoms. The second-order valence-electron chi connectivity index (χ2n) is 6.39. The van der Waals surface area contributed by atoms with Crippen molar-refractivity contribution in [3.8, 4) is 0 Å². The van der Waals surface area contributed by atoms with Gasteiger partial charge in [-0.1, -0.05) is 0 Å². The first-order chi connectivity index (χ1) is 9.78. The van der Waals surface area contributed by atoms with Gasteiger partial charge >= 0.3 is 0 Å². The van der Waals surface area contributed by atoms with Gasteiger partial charge in [0.1, 0.15) is 9.84 Å². The maximum atomic E-state index is 12.0. The zero-order valence-electron chi connectivity index (χ0n) is 14.3. The number of guanidine groups is 1. The summed E-state index contributed by atoms with van der Waals surface area (Å²) in [6.45, 7) is 7.11. The van der Waals surface area contributed by atoms with Gasteiger partial charge in [-0.2, -0.15) is 0 Å². The van der Waals surface area contributed by atoms with Crippen molar-refractivity contribution in [2.24, 2.45) is 4.99 Å². The van der Waals surface area contributed by atoms with Crippen LogP contribution in [0.2, 0.25) is 0 Å². The van der Waals surface area contributed by atoms with Gasteiger partial charge in [0, 0.05) is 25.9 Å². The molecule has 2 N–H and O–H groups in total. The number of hydrogen-bond acceptors (Lipinski definition) is 5. The van der Waals surface area contributed by atoms with Crippen molar-refractivity contribution >= 4 is 25.6 Å². The molecular weight excluding hydrogens is 326 g/mol. The Bertz CT molecular complexity index is 575. The first-order valence-corrected chi connectivity index (χ1v) is 10.9. The minimum absolute atomic E-state index is 0.00885. The van der Waals surface area contributed by atoms with Crippen molar-refractivity contribution < 1.29 is 16.8 Å². The van der Waals surface area contributed by atoms with Gasteiger partial charge in [-0.05, 0) is 34.1 Å². The van der Waals surface area contributed by atoms with Gasteiger partial charge in [0.15, 0.2) is 15.8 Å². The number of hydrogen-bond donors (Lipinski definition) is 2. The second-order valence-corrected chi connectivity index (χ2v) is 11.5. The van der Waals surface area contributed by atoms with Gasteiger partial charge in [-0.15, -0.1) is 0 Å². The molecule has 0 aromatic heterocycles. The van der Waals surface area contributed by atoms with Crippen molar-refractivity contribution in [2.75, 3.05) is 31.4 Å². The van der Waals surface area contributed by atoms with Crippen LogP contribution in [0.4, 0.5) is 0 Å². The fourth-order valence-electron chi connectivity index (χ4n) is 1.50. The van der Waals surface area contributed by atoms with E-state index >= 15 is 0 Å². The maximum absolute atomic E-state index is 12.0. The lowest BCUT2D eigenvalue weighted by Crippen LogP contribution is -2.45. The minimum Gasteiger partial charge on any atom is -0.355 e. The lowest BCUT2D eigenvalue weighted by Gasteiger charge is -2.21. The summed E-state index contributed by atoms with van der Waals surface area (Å²) >= 11 is 0. The Morgan fingerprint density at radius 1 is 1.14 bits per heavy atom. The predicted molar refractivity (Wildman–Crippen MR) is 91.8 cm³/mol. The van der Waals surface area contributed by atoms with E-state index in [1.165, 1.54) is 6.26 Å². The fraction of sp³-hybridized carbons (Fsp3) is 0.923. The van der Waals surface area contributed by atoms with E-state index in [1.807, 2.05) is 6.92 Å². The SMILES string of the molecule is CN=C(NCCS(=O)(=O)C(C)(C)C)NC(C)CCS(C)(=O)=O. The molecule has 0 spiro atoms. The van der Waals surface area contributed by atoms with Crippen LogP contribution in [-0.2, 0) is 19.7 Å². The molecule has 1 atom stereocenters. The molecule has 1 unspecified atom stereocenters. The van der Waals surface area contributed by atoms with Gasteiger partial charge in [0.2, 0.25) is 0 Å². The smallest absolute Gasteiger partial charge is 0.191 e. The molecule has 0 aliphatic rings. The minimum atomic E-state index is -3.18. The monoisotopic (exact) mass is 355 g/mol. The normalized spacial score (nSPS) is 15.5. The van der Waals surface area contributed by atoms with Crippen molar-refractivity contribution in [3.63, 3.8) is 0 Å². The molecule has 0 aromatic rings. The van der Waals surface area contributed by atoms with Crippen LogP contribution in [0.15, 0.2) is 4.99 Å². The molecule has 0 fully saturated rings. The zero-order chi connectivity index (χ0) is 17.6. The van der Waals surface area contributed by atoms with Gasteiger partial charge in [-0.25, -0.2) is 16.8 Å². The molecule has 0 aromatic carbocycles. The number of nitrogens with zero attached hydrogens (tertiary/aromatic N) is 1. The fourth-order valence-corrected chi connectivity index (χ4v) is 3.27. The van der Waals surface area contributed by atoms with E-state index in [-0.39, 0.29) is 24.1 Å². The van der Waals surface area contributed by atoms with Crippen LogP contribution in [0.25, 0.3) is 0 Å². The highest BCUT2D eigenvalue weighted by atomic mass is 32.2. The Balaban J connectivity index is 4.36. The standard InChI is InChI=1S/C13H29N3O4S2/c1-11(7-9-21(6,17)18)16-12(14-5)15-8-10-22(19,20)13(2,3)4/h11H,7-10H2,1-6H3,(H2,14,15,16). The van der Waals surface area contributed by atoms with Crippen LogP contribution in [0.1, 0.15) is 34.1 Å². The van der Waals surface area contributed by atoms with Gasteiger partial charge in [0.05, 0.1) is 16.3 Å². The second kappa shape index (κ2) is 8.14. The van der Waals surface area contributed by atoms with Crippen LogP contribution in [0, 0.1) is 0 Å². The largest absolute Gasteiger partial charge is 0.355 e. The summed E-state index contributed by atoms with van der Waals surface area (Å²) in [5.41, 5.74) is 0. The number of nitrogens with one attached hydrogen (secondary N) is 2. The third kappa shape index (κ3) is 8.57. The number of aliphatic imine (C=N–C) groups is 1. The zero-order valence-corrected chi connectivity index (χ0v) is 15.9. The Hall–Kier alpha value is -0.830.